The quantitative estimate of drug-likeness (QED) is 0.595. The van der Waals surface area contributed by atoms with Gasteiger partial charge >= 0.3 is 0 Å². The molecule has 1 heterocycles. The van der Waals surface area contributed by atoms with Crippen LogP contribution in [0.2, 0.25) is 0 Å². The number of sulfone groups is 1. The average molecular weight is 412 g/mol. The molecule has 0 aliphatic carbocycles. The van der Waals surface area contributed by atoms with Gasteiger partial charge in [-0.05, 0) is 38.5 Å². The molecule has 1 amide bonds. The van der Waals surface area contributed by atoms with Gasteiger partial charge in [-0.1, -0.05) is 42.5 Å². The Hall–Kier alpha value is -2.80. The number of hydrogen-bond acceptors (Lipinski definition) is 5. The van der Waals surface area contributed by atoms with Crippen LogP contribution in [-0.2, 0) is 20.4 Å². The Balaban J connectivity index is 2.05. The zero-order chi connectivity index (χ0) is 21.0. The van der Waals surface area contributed by atoms with E-state index < -0.39 is 21.0 Å². The number of aryl methyl sites for hydroxylation is 1. The van der Waals surface area contributed by atoms with Crippen molar-refractivity contribution in [3.63, 3.8) is 0 Å². The molecule has 29 heavy (non-hydrogen) atoms. The maximum absolute atomic E-state index is 13.5. The molecule has 0 radical (unpaired) electrons. The Bertz CT molecular complexity index is 1110. The smallest absolute Gasteiger partial charge is 0.245 e. The molecule has 0 fully saturated rings. The summed E-state index contributed by atoms with van der Waals surface area (Å²) in [5, 5.41) is -1.27. The summed E-state index contributed by atoms with van der Waals surface area (Å²) in [6.45, 7) is 6.32. The Morgan fingerprint density at radius 2 is 1.48 bits per heavy atom. The van der Waals surface area contributed by atoms with Crippen molar-refractivity contribution in [1.82, 2.24) is 14.9 Å². The van der Waals surface area contributed by atoms with Gasteiger partial charge in [-0.3, -0.25) is 4.79 Å². The van der Waals surface area contributed by atoms with Crippen molar-refractivity contribution in [3.8, 4) is 0 Å². The Morgan fingerprint density at radius 1 is 0.931 bits per heavy atom. The fourth-order valence-corrected chi connectivity index (χ4v) is 5.22. The fraction of sp³-hybridized carbons (Fsp3) is 0.318. The maximum Gasteiger partial charge on any atom is 0.245 e. The van der Waals surface area contributed by atoms with Crippen molar-refractivity contribution in [2.75, 3.05) is 13.1 Å². The van der Waals surface area contributed by atoms with E-state index in [1.165, 1.54) is 0 Å². The summed E-state index contributed by atoms with van der Waals surface area (Å²) < 4.78 is 26.9. The number of fused-ring (bicyclic) bond motifs is 1. The minimum Gasteiger partial charge on any atom is -0.342 e. The first-order chi connectivity index (χ1) is 13.9. The molecule has 1 unspecified atom stereocenters. The molecule has 0 spiro atoms. The van der Waals surface area contributed by atoms with Gasteiger partial charge < -0.3 is 4.90 Å². The summed E-state index contributed by atoms with van der Waals surface area (Å²) >= 11 is 0. The maximum atomic E-state index is 13.5. The van der Waals surface area contributed by atoms with E-state index in [2.05, 4.69) is 9.97 Å². The highest BCUT2D eigenvalue weighted by Crippen LogP contribution is 2.28. The Labute approximate surface area is 171 Å². The Kier molecular flexibility index (Phi) is 6.27. The van der Waals surface area contributed by atoms with Crippen LogP contribution in [0.15, 0.2) is 54.6 Å². The molecule has 1 atom stereocenters. The highest BCUT2D eigenvalue weighted by atomic mass is 32.2. The molecule has 0 bridgehead atoms. The van der Waals surface area contributed by atoms with E-state index in [0.717, 1.165) is 0 Å². The predicted octanol–water partition coefficient (Wildman–Crippen LogP) is 3.46. The molecular weight excluding hydrogens is 386 g/mol. The lowest BCUT2D eigenvalue weighted by Crippen LogP contribution is -2.38. The second-order valence-electron chi connectivity index (χ2n) is 6.85. The number of para-hydroxylation sites is 2. The third-order valence-electron chi connectivity index (χ3n) is 4.94. The second kappa shape index (κ2) is 8.69. The van der Waals surface area contributed by atoms with Gasteiger partial charge in [-0.15, -0.1) is 0 Å². The van der Waals surface area contributed by atoms with Crippen LogP contribution in [0.1, 0.15) is 36.0 Å². The van der Waals surface area contributed by atoms with Gasteiger partial charge in [0.05, 0.1) is 28.2 Å². The van der Waals surface area contributed by atoms with Crippen LogP contribution >= 0.6 is 0 Å². The van der Waals surface area contributed by atoms with Crippen molar-refractivity contribution in [2.45, 2.75) is 31.8 Å². The van der Waals surface area contributed by atoms with Crippen molar-refractivity contribution in [2.24, 2.45) is 0 Å². The molecule has 2 aromatic carbocycles. The number of likely N-dealkylation sites (N-methyl/N-ethyl adjacent to an activating group) is 1. The fourth-order valence-electron chi connectivity index (χ4n) is 3.37. The molecule has 0 aliphatic heterocycles. The molecular formula is C22H25N3O3S. The van der Waals surface area contributed by atoms with Crippen LogP contribution < -0.4 is 0 Å². The van der Waals surface area contributed by atoms with Crippen molar-refractivity contribution < 1.29 is 13.2 Å². The summed E-state index contributed by atoms with van der Waals surface area (Å²) in [7, 11) is -3.88. The molecule has 7 heteroatoms. The topological polar surface area (TPSA) is 80.2 Å². The van der Waals surface area contributed by atoms with E-state index in [4.69, 9.17) is 0 Å². The van der Waals surface area contributed by atoms with Gasteiger partial charge in [0.25, 0.3) is 0 Å². The van der Waals surface area contributed by atoms with Gasteiger partial charge in [-0.25, -0.2) is 18.4 Å². The van der Waals surface area contributed by atoms with Crippen LogP contribution in [0.5, 0.6) is 0 Å². The van der Waals surface area contributed by atoms with E-state index in [0.29, 0.717) is 41.1 Å². The minimum absolute atomic E-state index is 0.344. The van der Waals surface area contributed by atoms with E-state index in [1.807, 2.05) is 32.0 Å². The lowest BCUT2D eigenvalue weighted by molar-refractivity contribution is -0.130. The van der Waals surface area contributed by atoms with E-state index in [-0.39, 0.29) is 5.75 Å². The molecule has 3 rings (SSSR count). The number of amides is 1. The third kappa shape index (κ3) is 4.45. The van der Waals surface area contributed by atoms with E-state index in [1.54, 1.807) is 48.2 Å². The lowest BCUT2D eigenvalue weighted by atomic mass is 10.1. The molecule has 0 N–H and O–H groups in total. The van der Waals surface area contributed by atoms with Gasteiger partial charge in [0.1, 0.15) is 0 Å². The molecule has 152 valence electrons. The summed E-state index contributed by atoms with van der Waals surface area (Å²) in [6.07, 6.45) is 0. The molecule has 6 nitrogen and oxygen atoms in total. The summed E-state index contributed by atoms with van der Waals surface area (Å²) in [5.41, 5.74) is 2.74. The minimum atomic E-state index is -3.88. The number of hydrogen-bond donors (Lipinski definition) is 0. The summed E-state index contributed by atoms with van der Waals surface area (Å²) in [6, 6.07) is 16.0. The van der Waals surface area contributed by atoms with Crippen LogP contribution in [-0.4, -0.2) is 42.3 Å². The first-order valence-electron chi connectivity index (χ1n) is 9.65. The Morgan fingerprint density at radius 3 is 2.07 bits per heavy atom. The molecule has 1 aromatic heterocycles. The van der Waals surface area contributed by atoms with E-state index >= 15 is 0 Å². The van der Waals surface area contributed by atoms with Crippen molar-refractivity contribution in [3.05, 3.63) is 71.5 Å². The summed E-state index contributed by atoms with van der Waals surface area (Å²) in [5.74, 6) is -0.754. The highest BCUT2D eigenvalue weighted by Gasteiger charge is 2.37. The molecule has 3 aromatic rings. The van der Waals surface area contributed by atoms with Crippen molar-refractivity contribution in [1.29, 1.82) is 0 Å². The van der Waals surface area contributed by atoms with Gasteiger partial charge in [0.15, 0.2) is 15.1 Å². The number of rotatable bonds is 7. The zero-order valence-corrected chi connectivity index (χ0v) is 17.7. The predicted molar refractivity (Wildman–Crippen MR) is 114 cm³/mol. The normalized spacial score (nSPS) is 12.7. The second-order valence-corrected chi connectivity index (χ2v) is 8.94. The summed E-state index contributed by atoms with van der Waals surface area (Å²) in [4.78, 5) is 23.7. The third-order valence-corrected chi connectivity index (χ3v) is 6.81. The number of aromatic nitrogens is 2. The average Bonchev–Trinajstić information content (AvgIpc) is 2.70. The van der Waals surface area contributed by atoms with Crippen LogP contribution in [0.25, 0.3) is 11.0 Å². The van der Waals surface area contributed by atoms with Crippen LogP contribution in [0.4, 0.5) is 0 Å². The van der Waals surface area contributed by atoms with Gasteiger partial charge in [-0.2, -0.15) is 0 Å². The SMILES string of the molecule is CCN(CC)C(=O)C(c1ccccc1)S(=O)(=O)Cc1nc2ccccc2nc1C. The van der Waals surface area contributed by atoms with Gasteiger partial charge in [0, 0.05) is 13.1 Å². The number of benzene rings is 2. The molecule has 0 saturated carbocycles. The number of carbonyl (C=O) groups excluding carboxylic acids is 1. The zero-order valence-electron chi connectivity index (χ0n) is 16.9. The first-order valence-corrected chi connectivity index (χ1v) is 11.4. The van der Waals surface area contributed by atoms with Crippen LogP contribution in [0.3, 0.4) is 0 Å². The standard InChI is InChI=1S/C22H25N3O3S/c1-4-25(5-2)22(26)21(17-11-7-6-8-12-17)29(27,28)15-20-16(3)23-18-13-9-10-14-19(18)24-20/h6-14,21H,4-5,15H2,1-3H3. The molecule has 0 aliphatic rings. The monoisotopic (exact) mass is 411 g/mol. The largest absolute Gasteiger partial charge is 0.342 e. The van der Waals surface area contributed by atoms with Gasteiger partial charge in [0.2, 0.25) is 5.91 Å². The molecule has 0 saturated heterocycles. The van der Waals surface area contributed by atoms with E-state index in [9.17, 15) is 13.2 Å². The first kappa shape index (κ1) is 20.9. The highest BCUT2D eigenvalue weighted by molar-refractivity contribution is 7.91. The van der Waals surface area contributed by atoms with Crippen LogP contribution in [0, 0.1) is 6.92 Å². The lowest BCUT2D eigenvalue weighted by Gasteiger charge is -2.25. The van der Waals surface area contributed by atoms with Crippen molar-refractivity contribution >= 4 is 26.8 Å². The number of nitrogens with zero attached hydrogens (tertiary/aromatic N) is 3. The number of carbonyl (C=O) groups is 1.